The van der Waals surface area contributed by atoms with Crippen LogP contribution in [0.15, 0.2) is 12.3 Å². The molecule has 0 bridgehead atoms. The molecule has 2 aromatic rings. The van der Waals surface area contributed by atoms with Crippen LogP contribution in [-0.2, 0) is 10.6 Å². The van der Waals surface area contributed by atoms with Crippen molar-refractivity contribution in [2.75, 3.05) is 7.11 Å². The highest BCUT2D eigenvalue weighted by molar-refractivity contribution is 6.31. The molecule has 0 radical (unpaired) electrons. The third-order valence-corrected chi connectivity index (χ3v) is 3.90. The number of ether oxygens (including phenoxy) is 1. The van der Waals surface area contributed by atoms with E-state index in [-0.39, 0.29) is 0 Å². The summed E-state index contributed by atoms with van der Waals surface area (Å²) in [6.07, 6.45) is 3.95. The minimum atomic E-state index is 0.336. The molecule has 2 heterocycles. The van der Waals surface area contributed by atoms with Crippen LogP contribution in [0.5, 0.6) is 0 Å². The lowest BCUT2D eigenvalue weighted by Crippen LogP contribution is -2.33. The normalized spacial score (nSPS) is 23.3. The summed E-state index contributed by atoms with van der Waals surface area (Å²) in [5, 5.41) is 0.594. The van der Waals surface area contributed by atoms with E-state index in [1.807, 2.05) is 6.07 Å². The predicted molar refractivity (Wildman–Crippen MR) is 71.2 cm³/mol. The monoisotopic (exact) mass is 285 g/mol. The van der Waals surface area contributed by atoms with Crippen molar-refractivity contribution in [1.29, 1.82) is 0 Å². The molecule has 1 aliphatic carbocycles. The number of hydrogen-bond acceptors (Lipinski definition) is 3. The van der Waals surface area contributed by atoms with Crippen LogP contribution in [0.1, 0.15) is 24.7 Å². The lowest BCUT2D eigenvalue weighted by molar-refractivity contribution is 0.00660. The average Bonchev–Trinajstić information content (AvgIpc) is 2.66. The van der Waals surface area contributed by atoms with E-state index in [2.05, 4.69) is 14.5 Å². The van der Waals surface area contributed by atoms with Gasteiger partial charge in [-0.05, 0) is 18.9 Å². The second kappa shape index (κ2) is 4.68. The molecule has 0 unspecified atom stereocenters. The van der Waals surface area contributed by atoms with E-state index in [1.165, 1.54) is 0 Å². The fourth-order valence-corrected chi connectivity index (χ4v) is 2.76. The van der Waals surface area contributed by atoms with Crippen LogP contribution in [0.4, 0.5) is 0 Å². The number of halogens is 2. The minimum absolute atomic E-state index is 0.336. The molecule has 1 saturated carbocycles. The number of imidazole rings is 1. The van der Waals surface area contributed by atoms with Gasteiger partial charge in [-0.3, -0.25) is 0 Å². The molecule has 3 rings (SSSR count). The van der Waals surface area contributed by atoms with Gasteiger partial charge in [0, 0.05) is 19.3 Å². The zero-order chi connectivity index (χ0) is 12.7. The molecule has 0 aliphatic heterocycles. The van der Waals surface area contributed by atoms with Crippen LogP contribution >= 0.6 is 23.2 Å². The van der Waals surface area contributed by atoms with Crippen molar-refractivity contribution >= 4 is 34.4 Å². The average molecular weight is 286 g/mol. The number of rotatable bonds is 3. The van der Waals surface area contributed by atoms with E-state index < -0.39 is 0 Å². The molecule has 2 aromatic heterocycles. The van der Waals surface area contributed by atoms with Gasteiger partial charge in [-0.25, -0.2) is 9.97 Å². The number of pyridine rings is 1. The van der Waals surface area contributed by atoms with Gasteiger partial charge in [0.2, 0.25) is 0 Å². The summed E-state index contributed by atoms with van der Waals surface area (Å²) in [5.74, 6) is 1.23. The maximum atomic E-state index is 5.96. The predicted octanol–water partition coefficient (Wildman–Crippen LogP) is 3.17. The zero-order valence-electron chi connectivity index (χ0n) is 9.94. The molecule has 1 aliphatic rings. The molecule has 0 amide bonds. The van der Waals surface area contributed by atoms with Crippen molar-refractivity contribution in [2.24, 2.45) is 0 Å². The van der Waals surface area contributed by atoms with Gasteiger partial charge in [0.15, 0.2) is 5.65 Å². The summed E-state index contributed by atoms with van der Waals surface area (Å²) in [6.45, 7) is 0. The maximum Gasteiger partial charge on any atom is 0.160 e. The first-order valence-corrected chi connectivity index (χ1v) is 6.75. The Morgan fingerprint density at radius 3 is 2.94 bits per heavy atom. The van der Waals surface area contributed by atoms with Gasteiger partial charge >= 0.3 is 0 Å². The molecule has 0 saturated heterocycles. The van der Waals surface area contributed by atoms with Crippen LogP contribution in [0.25, 0.3) is 11.2 Å². The molecule has 0 N–H and O–H groups in total. The summed E-state index contributed by atoms with van der Waals surface area (Å²) >= 11 is 11.9. The largest absolute Gasteiger partial charge is 0.381 e. The first kappa shape index (κ1) is 12.2. The highest BCUT2D eigenvalue weighted by atomic mass is 35.5. The van der Waals surface area contributed by atoms with Gasteiger partial charge in [-0.15, -0.1) is 11.6 Å². The maximum absolute atomic E-state index is 5.96. The minimum Gasteiger partial charge on any atom is -0.381 e. The molecular weight excluding hydrogens is 273 g/mol. The fraction of sp³-hybridized carbons (Fsp3) is 0.500. The van der Waals surface area contributed by atoms with Gasteiger partial charge in [0.05, 0.1) is 17.0 Å². The summed E-state index contributed by atoms with van der Waals surface area (Å²) < 4.78 is 7.43. The quantitative estimate of drug-likeness (QED) is 0.814. The van der Waals surface area contributed by atoms with Crippen molar-refractivity contribution in [3.05, 3.63) is 23.1 Å². The Hall–Kier alpha value is -0.840. The fourth-order valence-electron chi connectivity index (χ4n) is 2.42. The number of nitrogens with zero attached hydrogens (tertiary/aromatic N) is 3. The summed E-state index contributed by atoms with van der Waals surface area (Å²) in [6, 6.07) is 2.20. The Kier molecular flexibility index (Phi) is 3.18. The molecule has 96 valence electrons. The molecule has 18 heavy (non-hydrogen) atoms. The van der Waals surface area contributed by atoms with Crippen molar-refractivity contribution in [3.8, 4) is 0 Å². The molecule has 6 heteroatoms. The van der Waals surface area contributed by atoms with Crippen molar-refractivity contribution < 1.29 is 4.74 Å². The van der Waals surface area contributed by atoms with Crippen molar-refractivity contribution in [3.63, 3.8) is 0 Å². The second-order valence-electron chi connectivity index (χ2n) is 4.51. The van der Waals surface area contributed by atoms with Gasteiger partial charge < -0.3 is 9.30 Å². The Morgan fingerprint density at radius 2 is 2.28 bits per heavy atom. The molecule has 4 nitrogen and oxygen atoms in total. The summed E-state index contributed by atoms with van der Waals surface area (Å²) in [4.78, 5) is 8.86. The van der Waals surface area contributed by atoms with Gasteiger partial charge in [-0.2, -0.15) is 0 Å². The molecule has 0 aromatic carbocycles. The highest BCUT2D eigenvalue weighted by Gasteiger charge is 2.33. The topological polar surface area (TPSA) is 39.9 Å². The van der Waals surface area contributed by atoms with Crippen LogP contribution in [0.2, 0.25) is 5.02 Å². The Morgan fingerprint density at radius 1 is 1.50 bits per heavy atom. The van der Waals surface area contributed by atoms with Crippen LogP contribution < -0.4 is 0 Å². The zero-order valence-corrected chi connectivity index (χ0v) is 11.4. The van der Waals surface area contributed by atoms with Gasteiger partial charge in [-0.1, -0.05) is 11.6 Å². The van der Waals surface area contributed by atoms with Gasteiger partial charge in [0.25, 0.3) is 0 Å². The molecule has 0 atom stereocenters. The van der Waals surface area contributed by atoms with E-state index in [1.54, 1.807) is 13.3 Å². The van der Waals surface area contributed by atoms with Crippen LogP contribution in [0.3, 0.4) is 0 Å². The molecule has 0 spiro atoms. The summed E-state index contributed by atoms with van der Waals surface area (Å²) in [5.41, 5.74) is 1.66. The van der Waals surface area contributed by atoms with E-state index in [0.717, 1.165) is 29.8 Å². The summed E-state index contributed by atoms with van der Waals surface area (Å²) in [7, 11) is 1.74. The van der Waals surface area contributed by atoms with Crippen LogP contribution in [-0.4, -0.2) is 27.7 Å². The number of fused-ring (bicyclic) bond motifs is 1. The number of aromatic nitrogens is 3. The second-order valence-corrected chi connectivity index (χ2v) is 5.21. The first-order chi connectivity index (χ1) is 8.72. The van der Waals surface area contributed by atoms with E-state index in [0.29, 0.717) is 23.0 Å². The third-order valence-electron chi connectivity index (χ3n) is 3.46. The number of alkyl halides is 1. The van der Waals surface area contributed by atoms with Crippen molar-refractivity contribution in [1.82, 2.24) is 14.5 Å². The molecule has 1 fully saturated rings. The van der Waals surface area contributed by atoms with E-state index >= 15 is 0 Å². The van der Waals surface area contributed by atoms with E-state index in [4.69, 9.17) is 27.9 Å². The Bertz CT molecular complexity index is 578. The smallest absolute Gasteiger partial charge is 0.160 e. The Balaban J connectivity index is 2.04. The Labute approximate surface area is 115 Å². The number of hydrogen-bond donors (Lipinski definition) is 0. The first-order valence-electron chi connectivity index (χ1n) is 5.84. The third kappa shape index (κ3) is 1.88. The lowest BCUT2D eigenvalue weighted by Gasteiger charge is -2.35. The highest BCUT2D eigenvalue weighted by Crippen LogP contribution is 2.37. The van der Waals surface area contributed by atoms with E-state index in [9.17, 15) is 0 Å². The van der Waals surface area contributed by atoms with Crippen LogP contribution in [0, 0.1) is 0 Å². The van der Waals surface area contributed by atoms with Gasteiger partial charge in [0.1, 0.15) is 11.3 Å². The van der Waals surface area contributed by atoms with Crippen molar-refractivity contribution in [2.45, 2.75) is 30.9 Å². The SMILES string of the molecule is COC1CC(n2c(CCl)nc3cc(Cl)cnc32)C1. The standard InChI is InChI=1S/C12H13Cl2N3O/c1-18-9-3-8(4-9)17-11(5-13)16-10-2-7(14)6-15-12(10)17/h2,6,8-9H,3-5H2,1H3. The lowest BCUT2D eigenvalue weighted by atomic mass is 9.89. The number of methoxy groups -OCH3 is 1. The molecular formula is C12H13Cl2N3O.